The van der Waals surface area contributed by atoms with E-state index >= 15 is 0 Å². The lowest BCUT2D eigenvalue weighted by molar-refractivity contribution is -0.141. The number of cyclic esters (lactones) is 1. The Bertz CT molecular complexity index is 1160. The zero-order valence-corrected chi connectivity index (χ0v) is 18.2. The Kier molecular flexibility index (Phi) is 6.15. The number of nitrogens with one attached hydrogen (secondary N) is 1. The number of ether oxygens (including phenoxy) is 1. The van der Waals surface area contributed by atoms with Crippen LogP contribution < -0.4 is 10.2 Å². The van der Waals surface area contributed by atoms with Gasteiger partial charge in [-0.15, -0.1) is 11.3 Å². The lowest BCUT2D eigenvalue weighted by Gasteiger charge is -2.22. The lowest BCUT2D eigenvalue weighted by atomic mass is 10.2. The van der Waals surface area contributed by atoms with E-state index in [9.17, 15) is 22.4 Å². The van der Waals surface area contributed by atoms with Gasteiger partial charge in [-0.2, -0.15) is 18.2 Å². The van der Waals surface area contributed by atoms with Gasteiger partial charge in [0.25, 0.3) is 0 Å². The van der Waals surface area contributed by atoms with E-state index in [2.05, 4.69) is 25.3 Å². The van der Waals surface area contributed by atoms with E-state index < -0.39 is 30.2 Å². The van der Waals surface area contributed by atoms with E-state index in [1.807, 2.05) is 0 Å². The average Bonchev–Trinajstić information content (AvgIpc) is 3.41. The first-order valence-corrected chi connectivity index (χ1v) is 10.6. The van der Waals surface area contributed by atoms with Gasteiger partial charge in [0.05, 0.1) is 6.04 Å². The fourth-order valence-corrected chi connectivity index (χ4v) is 4.11. The number of amides is 1. The summed E-state index contributed by atoms with van der Waals surface area (Å²) in [6, 6.07) is 2.75. The topological polar surface area (TPSA) is 93.1 Å². The third-order valence-electron chi connectivity index (χ3n) is 4.92. The maximum atomic E-state index is 13.9. The molecule has 3 atom stereocenters. The summed E-state index contributed by atoms with van der Waals surface area (Å²) in [6.45, 7) is 3.07. The second kappa shape index (κ2) is 8.89. The van der Waals surface area contributed by atoms with Crippen LogP contribution in [0.2, 0.25) is 0 Å². The second-order valence-corrected chi connectivity index (χ2v) is 8.35. The molecule has 0 aromatic carbocycles. The summed E-state index contributed by atoms with van der Waals surface area (Å²) in [5, 5.41) is 3.47. The van der Waals surface area contributed by atoms with E-state index in [4.69, 9.17) is 4.74 Å². The molecule has 1 unspecified atom stereocenters. The van der Waals surface area contributed by atoms with Crippen LogP contribution >= 0.6 is 11.3 Å². The number of pyridine rings is 1. The van der Waals surface area contributed by atoms with E-state index in [-0.39, 0.29) is 24.4 Å². The van der Waals surface area contributed by atoms with Crippen molar-refractivity contribution >= 4 is 29.2 Å². The van der Waals surface area contributed by atoms with Crippen molar-refractivity contribution in [3.63, 3.8) is 0 Å². The van der Waals surface area contributed by atoms with E-state index in [0.29, 0.717) is 10.6 Å². The number of rotatable bonds is 6. The van der Waals surface area contributed by atoms with Crippen LogP contribution in [-0.2, 0) is 10.9 Å². The van der Waals surface area contributed by atoms with Crippen molar-refractivity contribution in [1.82, 2.24) is 19.9 Å². The van der Waals surface area contributed by atoms with Crippen LogP contribution in [0.25, 0.3) is 10.6 Å². The zero-order valence-electron chi connectivity index (χ0n) is 17.4. The molecule has 1 aliphatic rings. The van der Waals surface area contributed by atoms with Crippen molar-refractivity contribution in [2.45, 2.75) is 38.3 Å². The molecule has 1 N–H and O–H groups in total. The second-order valence-electron chi connectivity index (χ2n) is 7.29. The van der Waals surface area contributed by atoms with Gasteiger partial charge in [-0.3, -0.25) is 9.88 Å². The quantitative estimate of drug-likeness (QED) is 0.501. The molecule has 3 aromatic rings. The fourth-order valence-electron chi connectivity index (χ4n) is 3.19. The van der Waals surface area contributed by atoms with Crippen LogP contribution in [-0.4, -0.2) is 44.8 Å². The molecule has 13 heteroatoms. The monoisotopic (exact) mass is 482 g/mol. The number of hydrogen-bond acceptors (Lipinski definition) is 8. The Balaban J connectivity index is 1.51. The van der Waals surface area contributed by atoms with Crippen LogP contribution in [0.3, 0.4) is 0 Å². The molecule has 1 amide bonds. The SMILES string of the molecule is C[C@H](Nc1nccc(N2C(=O)OCC2[C@@H](C)F)n1)c1cnc(-c2ccnc(C(F)(F)F)c2)s1. The summed E-state index contributed by atoms with van der Waals surface area (Å²) < 4.78 is 57.6. The van der Waals surface area contributed by atoms with Crippen LogP contribution in [0, 0.1) is 0 Å². The van der Waals surface area contributed by atoms with Crippen LogP contribution in [0.1, 0.15) is 30.5 Å². The van der Waals surface area contributed by atoms with Gasteiger partial charge in [0.15, 0.2) is 0 Å². The third kappa shape index (κ3) is 4.87. The minimum absolute atomic E-state index is 0.0750. The van der Waals surface area contributed by atoms with E-state index in [0.717, 1.165) is 22.0 Å². The van der Waals surface area contributed by atoms with Gasteiger partial charge in [0.2, 0.25) is 5.95 Å². The Morgan fingerprint density at radius 1 is 1.21 bits per heavy atom. The number of carbonyl (C=O) groups excluding carboxylic acids is 1. The predicted octanol–water partition coefficient (Wildman–Crippen LogP) is 4.87. The standard InChI is InChI=1S/C20H18F4N6O2S/c1-10(21)13-9-32-19(31)30(13)16-4-6-26-18(29-16)28-11(2)14-8-27-17(33-14)12-3-5-25-15(7-12)20(22,23)24/h3-8,10-11,13H,9H2,1-2H3,(H,26,28,29)/t10-,11+,13?/m1/s1. The Morgan fingerprint density at radius 3 is 2.70 bits per heavy atom. The number of carbonyl (C=O) groups is 1. The molecule has 0 saturated carbocycles. The van der Waals surface area contributed by atoms with Crippen LogP contribution in [0.5, 0.6) is 0 Å². The number of aromatic nitrogens is 4. The van der Waals surface area contributed by atoms with Crippen molar-refractivity contribution in [1.29, 1.82) is 0 Å². The summed E-state index contributed by atoms with van der Waals surface area (Å²) in [6.07, 6.45) is -2.48. The summed E-state index contributed by atoms with van der Waals surface area (Å²) in [5.41, 5.74) is -0.688. The van der Waals surface area contributed by atoms with E-state index in [1.54, 1.807) is 13.1 Å². The highest BCUT2D eigenvalue weighted by molar-refractivity contribution is 7.15. The van der Waals surface area contributed by atoms with Crippen molar-refractivity contribution in [2.24, 2.45) is 0 Å². The first kappa shape index (κ1) is 22.8. The molecule has 1 fully saturated rings. The van der Waals surface area contributed by atoms with Gasteiger partial charge in [-0.1, -0.05) is 0 Å². The highest BCUT2D eigenvalue weighted by Crippen LogP contribution is 2.34. The molecule has 8 nitrogen and oxygen atoms in total. The van der Waals surface area contributed by atoms with Crippen LogP contribution in [0.4, 0.5) is 34.1 Å². The summed E-state index contributed by atoms with van der Waals surface area (Å²) in [7, 11) is 0. The van der Waals surface area contributed by atoms with Gasteiger partial charge < -0.3 is 10.1 Å². The molecule has 4 rings (SSSR count). The maximum absolute atomic E-state index is 13.9. The number of nitrogens with zero attached hydrogens (tertiary/aromatic N) is 5. The average molecular weight is 482 g/mol. The molecule has 0 spiro atoms. The van der Waals surface area contributed by atoms with Crippen molar-refractivity contribution in [3.05, 3.63) is 47.4 Å². The smallest absolute Gasteiger partial charge is 0.433 e. The number of halogens is 4. The molecular formula is C20H18F4N6O2S. The Morgan fingerprint density at radius 2 is 1.97 bits per heavy atom. The predicted molar refractivity (Wildman–Crippen MR) is 113 cm³/mol. The minimum atomic E-state index is -4.55. The molecule has 174 valence electrons. The molecule has 3 aromatic heterocycles. The first-order valence-electron chi connectivity index (χ1n) is 9.82. The molecule has 0 radical (unpaired) electrons. The number of anilines is 2. The molecular weight excluding hydrogens is 464 g/mol. The van der Waals surface area contributed by atoms with Crippen molar-refractivity contribution < 1.29 is 27.1 Å². The summed E-state index contributed by atoms with van der Waals surface area (Å²) >= 11 is 1.21. The van der Waals surface area contributed by atoms with Crippen LogP contribution in [0.15, 0.2) is 36.8 Å². The number of hydrogen-bond donors (Lipinski definition) is 1. The molecule has 1 aliphatic heterocycles. The van der Waals surface area contributed by atoms with Gasteiger partial charge in [-0.25, -0.2) is 19.2 Å². The van der Waals surface area contributed by atoms with E-state index in [1.165, 1.54) is 36.6 Å². The maximum Gasteiger partial charge on any atom is 0.433 e. The van der Waals surface area contributed by atoms with Crippen molar-refractivity contribution in [3.8, 4) is 10.6 Å². The summed E-state index contributed by atoms with van der Waals surface area (Å²) in [4.78, 5) is 29.9. The minimum Gasteiger partial charge on any atom is -0.447 e. The zero-order chi connectivity index (χ0) is 23.8. The third-order valence-corrected chi connectivity index (χ3v) is 6.15. The van der Waals surface area contributed by atoms with Gasteiger partial charge >= 0.3 is 12.3 Å². The van der Waals surface area contributed by atoms with Gasteiger partial charge in [0.1, 0.15) is 35.3 Å². The molecule has 0 aliphatic carbocycles. The first-order chi connectivity index (χ1) is 15.6. The van der Waals surface area contributed by atoms with Gasteiger partial charge in [0, 0.05) is 29.0 Å². The Hall–Kier alpha value is -3.35. The number of alkyl halides is 4. The Labute approximate surface area is 189 Å². The lowest BCUT2D eigenvalue weighted by Crippen LogP contribution is -2.39. The highest BCUT2D eigenvalue weighted by Gasteiger charge is 2.39. The van der Waals surface area contributed by atoms with Crippen molar-refractivity contribution in [2.75, 3.05) is 16.8 Å². The molecule has 0 bridgehead atoms. The molecule has 1 saturated heterocycles. The van der Waals surface area contributed by atoms with Gasteiger partial charge in [-0.05, 0) is 32.0 Å². The number of thiazole rings is 1. The molecule has 4 heterocycles. The summed E-state index contributed by atoms with van der Waals surface area (Å²) in [5.74, 6) is 0.376. The molecule has 33 heavy (non-hydrogen) atoms. The largest absolute Gasteiger partial charge is 0.447 e. The highest BCUT2D eigenvalue weighted by atomic mass is 32.1. The normalized spacial score (nSPS) is 18.2. The fraction of sp³-hybridized carbons (Fsp3) is 0.350.